The Bertz CT molecular complexity index is 515. The predicted octanol–water partition coefficient (Wildman–Crippen LogP) is 3.80. The molecule has 0 bridgehead atoms. The molecule has 1 aliphatic carbocycles. The Morgan fingerprint density at radius 1 is 1.44 bits per heavy atom. The zero-order valence-corrected chi connectivity index (χ0v) is 11.5. The molecule has 18 heavy (non-hydrogen) atoms. The van der Waals surface area contributed by atoms with E-state index < -0.39 is 5.54 Å². The van der Waals surface area contributed by atoms with E-state index in [1.54, 1.807) is 13.2 Å². The highest BCUT2D eigenvalue weighted by Crippen LogP contribution is 2.51. The maximum Gasteiger partial charge on any atom is 0.235 e. The summed E-state index contributed by atoms with van der Waals surface area (Å²) in [6.45, 7) is 4.14. The highest BCUT2D eigenvalue weighted by molar-refractivity contribution is 6.31. The lowest BCUT2D eigenvalue weighted by Gasteiger charge is -2.17. The fraction of sp³-hybridized carbons (Fsp3) is 0.500. The molecule has 0 unspecified atom stereocenters. The van der Waals surface area contributed by atoms with Gasteiger partial charge in [0.2, 0.25) is 6.08 Å². The summed E-state index contributed by atoms with van der Waals surface area (Å²) in [6, 6.07) is 3.84. The van der Waals surface area contributed by atoms with E-state index in [0.717, 1.165) is 29.7 Å². The molecule has 2 rings (SSSR count). The minimum Gasteiger partial charge on any atom is -0.496 e. The molecule has 1 aromatic rings. The Kier molecular flexibility index (Phi) is 3.47. The van der Waals surface area contributed by atoms with E-state index in [1.165, 1.54) is 0 Å². The van der Waals surface area contributed by atoms with Gasteiger partial charge in [0.1, 0.15) is 5.75 Å². The molecule has 0 aromatic heterocycles. The molecular weight excluding hydrogens is 250 g/mol. The van der Waals surface area contributed by atoms with Gasteiger partial charge in [-0.05, 0) is 36.5 Å². The highest BCUT2D eigenvalue weighted by atomic mass is 35.5. The molecule has 3 nitrogen and oxygen atoms in total. The minimum absolute atomic E-state index is 0.284. The standard InChI is InChI=1S/C14H16ClNO2/c1-9(2)13-11(15)6-10(7-12(13)18-3)14(4-5-14)16-8-17/h6-7,9H,4-5H2,1-3H3. The quantitative estimate of drug-likeness (QED) is 0.614. The average molecular weight is 266 g/mol. The van der Waals surface area contributed by atoms with Gasteiger partial charge >= 0.3 is 0 Å². The number of rotatable bonds is 4. The van der Waals surface area contributed by atoms with Crippen molar-refractivity contribution in [3.63, 3.8) is 0 Å². The van der Waals surface area contributed by atoms with Gasteiger partial charge in [-0.15, -0.1) is 0 Å². The molecule has 1 aliphatic rings. The second-order valence-corrected chi connectivity index (χ2v) is 5.37. The summed E-state index contributed by atoms with van der Waals surface area (Å²) in [7, 11) is 1.63. The number of hydrogen-bond donors (Lipinski definition) is 0. The van der Waals surface area contributed by atoms with Gasteiger partial charge < -0.3 is 4.74 Å². The van der Waals surface area contributed by atoms with Crippen molar-refractivity contribution < 1.29 is 9.53 Å². The van der Waals surface area contributed by atoms with E-state index in [2.05, 4.69) is 18.8 Å². The van der Waals surface area contributed by atoms with Crippen LogP contribution >= 0.6 is 11.6 Å². The number of benzene rings is 1. The van der Waals surface area contributed by atoms with E-state index in [-0.39, 0.29) is 5.92 Å². The van der Waals surface area contributed by atoms with E-state index in [4.69, 9.17) is 16.3 Å². The summed E-state index contributed by atoms with van der Waals surface area (Å²) >= 11 is 6.32. The SMILES string of the molecule is COc1cc(C2(N=C=O)CC2)cc(Cl)c1C(C)C. The summed E-state index contributed by atoms with van der Waals surface area (Å²) in [6.07, 6.45) is 3.38. The van der Waals surface area contributed by atoms with Crippen molar-refractivity contribution in [1.82, 2.24) is 0 Å². The lowest BCUT2D eigenvalue weighted by atomic mass is 9.96. The number of aliphatic imine (C=N–C) groups is 1. The van der Waals surface area contributed by atoms with Crippen molar-refractivity contribution in [3.8, 4) is 5.75 Å². The lowest BCUT2D eigenvalue weighted by Crippen LogP contribution is -2.05. The lowest BCUT2D eigenvalue weighted by molar-refractivity contribution is 0.406. The zero-order valence-electron chi connectivity index (χ0n) is 10.8. The van der Waals surface area contributed by atoms with Crippen molar-refractivity contribution in [1.29, 1.82) is 0 Å². The Balaban J connectivity index is 2.53. The maximum atomic E-state index is 10.5. The third-order valence-electron chi connectivity index (χ3n) is 3.41. The number of nitrogens with zero attached hydrogens (tertiary/aromatic N) is 1. The van der Waals surface area contributed by atoms with Crippen molar-refractivity contribution in [2.75, 3.05) is 7.11 Å². The van der Waals surface area contributed by atoms with Crippen LogP contribution in [0.5, 0.6) is 5.75 Å². The van der Waals surface area contributed by atoms with Gasteiger partial charge in [-0.1, -0.05) is 25.4 Å². The van der Waals surface area contributed by atoms with E-state index >= 15 is 0 Å². The third-order valence-corrected chi connectivity index (χ3v) is 3.72. The van der Waals surface area contributed by atoms with Crippen LogP contribution < -0.4 is 4.74 Å². The number of methoxy groups -OCH3 is 1. The summed E-state index contributed by atoms with van der Waals surface area (Å²) in [4.78, 5) is 14.4. The van der Waals surface area contributed by atoms with Gasteiger partial charge in [0.05, 0.1) is 12.6 Å². The van der Waals surface area contributed by atoms with Crippen LogP contribution in [0.2, 0.25) is 5.02 Å². The van der Waals surface area contributed by atoms with Gasteiger partial charge in [0, 0.05) is 10.6 Å². The van der Waals surface area contributed by atoms with Crippen LogP contribution in [0.15, 0.2) is 17.1 Å². The molecule has 0 heterocycles. The number of isocyanates is 1. The molecule has 0 aliphatic heterocycles. The summed E-state index contributed by atoms with van der Waals surface area (Å²) in [5.41, 5.74) is 1.53. The van der Waals surface area contributed by atoms with Crippen LogP contribution in [0.25, 0.3) is 0 Å². The Labute approximate surface area is 112 Å². The first-order chi connectivity index (χ1) is 8.54. The molecule has 0 atom stereocenters. The monoisotopic (exact) mass is 265 g/mol. The fourth-order valence-electron chi connectivity index (χ4n) is 2.26. The van der Waals surface area contributed by atoms with Crippen LogP contribution in [-0.2, 0) is 10.3 Å². The largest absolute Gasteiger partial charge is 0.496 e. The van der Waals surface area contributed by atoms with Crippen LogP contribution in [0.4, 0.5) is 0 Å². The molecule has 0 spiro atoms. The number of hydrogen-bond acceptors (Lipinski definition) is 3. The molecule has 1 aromatic carbocycles. The summed E-state index contributed by atoms with van der Waals surface area (Å²) in [5.74, 6) is 1.05. The second-order valence-electron chi connectivity index (χ2n) is 4.96. The molecule has 96 valence electrons. The Morgan fingerprint density at radius 2 is 2.11 bits per heavy atom. The van der Waals surface area contributed by atoms with Gasteiger partial charge in [0.15, 0.2) is 0 Å². The van der Waals surface area contributed by atoms with Crippen molar-refractivity contribution in [2.45, 2.75) is 38.1 Å². The molecule has 0 amide bonds. The van der Waals surface area contributed by atoms with Crippen LogP contribution in [0.1, 0.15) is 43.7 Å². The normalized spacial score (nSPS) is 16.3. The first-order valence-corrected chi connectivity index (χ1v) is 6.39. The Morgan fingerprint density at radius 3 is 2.56 bits per heavy atom. The van der Waals surface area contributed by atoms with Crippen LogP contribution in [0.3, 0.4) is 0 Å². The van der Waals surface area contributed by atoms with Crippen molar-refractivity contribution in [3.05, 3.63) is 28.3 Å². The van der Waals surface area contributed by atoms with Gasteiger partial charge in [-0.25, -0.2) is 4.79 Å². The van der Waals surface area contributed by atoms with E-state index in [1.807, 2.05) is 12.1 Å². The van der Waals surface area contributed by atoms with Crippen LogP contribution in [0, 0.1) is 0 Å². The fourth-order valence-corrected chi connectivity index (χ4v) is 2.69. The molecule has 1 saturated carbocycles. The van der Waals surface area contributed by atoms with Gasteiger partial charge in [0.25, 0.3) is 0 Å². The van der Waals surface area contributed by atoms with Gasteiger partial charge in [-0.3, -0.25) is 0 Å². The first-order valence-electron chi connectivity index (χ1n) is 6.01. The van der Waals surface area contributed by atoms with Crippen molar-refractivity contribution in [2.24, 2.45) is 4.99 Å². The maximum absolute atomic E-state index is 10.5. The molecule has 0 radical (unpaired) electrons. The summed E-state index contributed by atoms with van der Waals surface area (Å²) in [5, 5.41) is 0.673. The highest BCUT2D eigenvalue weighted by Gasteiger charge is 2.45. The average Bonchev–Trinajstić information content (AvgIpc) is 3.08. The van der Waals surface area contributed by atoms with E-state index in [0.29, 0.717) is 5.02 Å². The topological polar surface area (TPSA) is 38.7 Å². The third kappa shape index (κ3) is 2.16. The zero-order chi connectivity index (χ0) is 13.3. The van der Waals surface area contributed by atoms with E-state index in [9.17, 15) is 4.79 Å². The number of halogens is 1. The number of carbonyl (C=O) groups excluding carboxylic acids is 1. The predicted molar refractivity (Wildman–Crippen MR) is 71.1 cm³/mol. The van der Waals surface area contributed by atoms with Crippen molar-refractivity contribution >= 4 is 17.7 Å². The molecule has 1 fully saturated rings. The molecular formula is C14H16ClNO2. The molecule has 4 heteroatoms. The number of ether oxygens (including phenoxy) is 1. The first kappa shape index (κ1) is 13.1. The smallest absolute Gasteiger partial charge is 0.235 e. The van der Waals surface area contributed by atoms with Gasteiger partial charge in [-0.2, -0.15) is 4.99 Å². The molecule has 0 N–H and O–H groups in total. The molecule has 0 saturated heterocycles. The Hall–Kier alpha value is -1.31. The summed E-state index contributed by atoms with van der Waals surface area (Å²) < 4.78 is 5.40. The second kappa shape index (κ2) is 4.75. The minimum atomic E-state index is -0.409. The van der Waals surface area contributed by atoms with Crippen LogP contribution in [-0.4, -0.2) is 13.2 Å².